The maximum atomic E-state index is 13.2. The van der Waals surface area contributed by atoms with E-state index in [1.807, 2.05) is 6.07 Å². The second kappa shape index (κ2) is 7.61. The van der Waals surface area contributed by atoms with E-state index in [1.54, 1.807) is 12.1 Å². The van der Waals surface area contributed by atoms with Gasteiger partial charge in [0.05, 0.1) is 0 Å². The molecule has 0 aliphatic carbocycles. The topological polar surface area (TPSA) is 24.1 Å². The van der Waals surface area contributed by atoms with Crippen molar-refractivity contribution in [3.05, 3.63) is 65.0 Å². The third-order valence-corrected chi connectivity index (χ3v) is 4.08. The van der Waals surface area contributed by atoms with E-state index in [2.05, 4.69) is 35.8 Å². The molecule has 0 amide bonds. The van der Waals surface area contributed by atoms with Crippen LogP contribution in [0.1, 0.15) is 29.5 Å². The molecular weight excluding hydrogens is 299 g/mol. The Balaban J connectivity index is 0.00000176. The van der Waals surface area contributed by atoms with Crippen molar-refractivity contribution in [1.29, 1.82) is 0 Å². The molecule has 2 nitrogen and oxygen atoms in total. The highest BCUT2D eigenvalue weighted by molar-refractivity contribution is 5.85. The SMILES string of the molecule is C[C@@H]1CNCCc2ccc(NCc3cccc(F)c3)cc21.Cl. The van der Waals surface area contributed by atoms with Crippen LogP contribution in [-0.2, 0) is 13.0 Å². The molecule has 0 saturated carbocycles. The number of fused-ring (bicyclic) bond motifs is 1. The molecule has 0 aromatic heterocycles. The highest BCUT2D eigenvalue weighted by Gasteiger charge is 2.14. The van der Waals surface area contributed by atoms with Crippen molar-refractivity contribution in [3.63, 3.8) is 0 Å². The lowest BCUT2D eigenvalue weighted by atomic mass is 9.95. The van der Waals surface area contributed by atoms with Gasteiger partial charge >= 0.3 is 0 Å². The van der Waals surface area contributed by atoms with E-state index < -0.39 is 0 Å². The Hall–Kier alpha value is -1.58. The molecule has 22 heavy (non-hydrogen) atoms. The molecule has 0 fully saturated rings. The van der Waals surface area contributed by atoms with E-state index in [0.717, 1.165) is 30.8 Å². The van der Waals surface area contributed by atoms with Crippen molar-refractivity contribution >= 4 is 18.1 Å². The van der Waals surface area contributed by atoms with Crippen LogP contribution in [0.3, 0.4) is 0 Å². The third-order valence-electron chi connectivity index (χ3n) is 4.08. The zero-order valence-corrected chi connectivity index (χ0v) is 13.5. The summed E-state index contributed by atoms with van der Waals surface area (Å²) in [7, 11) is 0. The van der Waals surface area contributed by atoms with Crippen molar-refractivity contribution in [2.24, 2.45) is 0 Å². The van der Waals surface area contributed by atoms with Crippen molar-refractivity contribution in [2.75, 3.05) is 18.4 Å². The highest BCUT2D eigenvalue weighted by atomic mass is 35.5. The van der Waals surface area contributed by atoms with Crippen LogP contribution in [0.15, 0.2) is 42.5 Å². The standard InChI is InChI=1S/C18H21FN2.ClH/c1-13-11-20-8-7-15-5-6-17(10-18(13)15)21-12-14-3-2-4-16(19)9-14;/h2-6,9-10,13,20-21H,7-8,11-12H2,1H3;1H/t13-;/m1./s1. The summed E-state index contributed by atoms with van der Waals surface area (Å²) in [6, 6.07) is 13.3. The molecule has 2 aromatic rings. The second-order valence-corrected chi connectivity index (χ2v) is 5.75. The fourth-order valence-electron chi connectivity index (χ4n) is 2.89. The first kappa shape index (κ1) is 16.8. The maximum Gasteiger partial charge on any atom is 0.123 e. The molecule has 1 aliphatic rings. The molecule has 4 heteroatoms. The molecule has 0 spiro atoms. The number of rotatable bonds is 3. The van der Waals surface area contributed by atoms with Crippen LogP contribution in [-0.4, -0.2) is 13.1 Å². The summed E-state index contributed by atoms with van der Waals surface area (Å²) in [6.45, 7) is 4.98. The van der Waals surface area contributed by atoms with Crippen LogP contribution in [0.5, 0.6) is 0 Å². The van der Waals surface area contributed by atoms with Gasteiger partial charge in [-0.25, -0.2) is 4.39 Å². The minimum absolute atomic E-state index is 0. The first-order chi connectivity index (χ1) is 10.2. The lowest BCUT2D eigenvalue weighted by Crippen LogP contribution is -2.18. The van der Waals surface area contributed by atoms with Crippen LogP contribution in [0.25, 0.3) is 0 Å². The third kappa shape index (κ3) is 3.99. The molecule has 2 N–H and O–H groups in total. The summed E-state index contributed by atoms with van der Waals surface area (Å²) in [4.78, 5) is 0. The van der Waals surface area contributed by atoms with E-state index in [0.29, 0.717) is 12.5 Å². The van der Waals surface area contributed by atoms with Gasteiger partial charge in [0, 0.05) is 18.8 Å². The Morgan fingerprint density at radius 1 is 1.23 bits per heavy atom. The smallest absolute Gasteiger partial charge is 0.123 e. The molecule has 118 valence electrons. The fraction of sp³-hybridized carbons (Fsp3) is 0.333. The molecule has 1 aliphatic heterocycles. The van der Waals surface area contributed by atoms with Gasteiger partial charge in [0.15, 0.2) is 0 Å². The first-order valence-corrected chi connectivity index (χ1v) is 7.54. The molecule has 0 radical (unpaired) electrons. The number of benzene rings is 2. The number of nitrogens with one attached hydrogen (secondary N) is 2. The summed E-state index contributed by atoms with van der Waals surface area (Å²) in [5.74, 6) is 0.342. The molecule has 1 heterocycles. The highest BCUT2D eigenvalue weighted by Crippen LogP contribution is 2.26. The van der Waals surface area contributed by atoms with E-state index in [4.69, 9.17) is 0 Å². The lowest BCUT2D eigenvalue weighted by Gasteiger charge is -2.15. The fourth-order valence-corrected chi connectivity index (χ4v) is 2.89. The predicted molar refractivity (Wildman–Crippen MR) is 92.4 cm³/mol. The quantitative estimate of drug-likeness (QED) is 0.889. The Bertz CT molecular complexity index is 630. The van der Waals surface area contributed by atoms with Crippen LogP contribution in [0.2, 0.25) is 0 Å². The molecule has 2 aromatic carbocycles. The van der Waals surface area contributed by atoms with Gasteiger partial charge in [-0.3, -0.25) is 0 Å². The predicted octanol–water partition coefficient (Wildman–Crippen LogP) is 4.11. The van der Waals surface area contributed by atoms with E-state index in [-0.39, 0.29) is 18.2 Å². The molecule has 0 saturated heterocycles. The molecule has 0 bridgehead atoms. The number of anilines is 1. The normalized spacial score (nSPS) is 17.1. The van der Waals surface area contributed by atoms with Crippen LogP contribution < -0.4 is 10.6 Å². The summed E-state index contributed by atoms with van der Waals surface area (Å²) >= 11 is 0. The lowest BCUT2D eigenvalue weighted by molar-refractivity contribution is 0.626. The van der Waals surface area contributed by atoms with Gasteiger partial charge < -0.3 is 10.6 Å². The van der Waals surface area contributed by atoms with E-state index >= 15 is 0 Å². The van der Waals surface area contributed by atoms with E-state index in [1.165, 1.54) is 17.2 Å². The Labute approximate surface area is 137 Å². The monoisotopic (exact) mass is 320 g/mol. The van der Waals surface area contributed by atoms with Crippen LogP contribution in [0, 0.1) is 5.82 Å². The van der Waals surface area contributed by atoms with Crippen LogP contribution >= 0.6 is 12.4 Å². The molecule has 1 atom stereocenters. The van der Waals surface area contributed by atoms with E-state index in [9.17, 15) is 4.39 Å². The molecule has 0 unspecified atom stereocenters. The maximum absolute atomic E-state index is 13.2. The number of hydrogen-bond acceptors (Lipinski definition) is 2. The average Bonchev–Trinajstić information content (AvgIpc) is 2.67. The minimum Gasteiger partial charge on any atom is -0.381 e. The van der Waals surface area contributed by atoms with Crippen molar-refractivity contribution < 1.29 is 4.39 Å². The van der Waals surface area contributed by atoms with Gasteiger partial charge in [-0.05, 0) is 59.8 Å². The molecule has 3 rings (SSSR count). The minimum atomic E-state index is -0.184. The van der Waals surface area contributed by atoms with Gasteiger partial charge in [-0.2, -0.15) is 0 Å². The van der Waals surface area contributed by atoms with Gasteiger partial charge in [-0.15, -0.1) is 12.4 Å². The van der Waals surface area contributed by atoms with Gasteiger partial charge in [0.2, 0.25) is 0 Å². The zero-order chi connectivity index (χ0) is 14.7. The average molecular weight is 321 g/mol. The van der Waals surface area contributed by atoms with Crippen LogP contribution in [0.4, 0.5) is 10.1 Å². The Morgan fingerprint density at radius 2 is 2.09 bits per heavy atom. The number of halogens is 2. The summed E-state index contributed by atoms with van der Waals surface area (Å²) < 4.78 is 13.2. The van der Waals surface area contributed by atoms with Crippen molar-refractivity contribution in [3.8, 4) is 0 Å². The second-order valence-electron chi connectivity index (χ2n) is 5.75. The summed E-state index contributed by atoms with van der Waals surface area (Å²) in [5.41, 5.74) is 4.92. The van der Waals surface area contributed by atoms with Gasteiger partial charge in [-0.1, -0.05) is 25.1 Å². The van der Waals surface area contributed by atoms with Gasteiger partial charge in [0.25, 0.3) is 0 Å². The van der Waals surface area contributed by atoms with Crippen molar-refractivity contribution in [1.82, 2.24) is 5.32 Å². The number of hydrogen-bond donors (Lipinski definition) is 2. The zero-order valence-electron chi connectivity index (χ0n) is 12.7. The van der Waals surface area contributed by atoms with Gasteiger partial charge in [0.1, 0.15) is 5.82 Å². The Kier molecular flexibility index (Phi) is 5.81. The Morgan fingerprint density at radius 3 is 2.91 bits per heavy atom. The van der Waals surface area contributed by atoms with Crippen molar-refractivity contribution in [2.45, 2.75) is 25.8 Å². The largest absolute Gasteiger partial charge is 0.381 e. The first-order valence-electron chi connectivity index (χ1n) is 7.54. The summed E-state index contributed by atoms with van der Waals surface area (Å²) in [5, 5.41) is 6.86. The molecular formula is C18H22ClFN2. The summed E-state index contributed by atoms with van der Waals surface area (Å²) in [6.07, 6.45) is 1.09.